The molecule has 234 valence electrons. The molecule has 0 bridgehead atoms. The summed E-state index contributed by atoms with van der Waals surface area (Å²) in [4.78, 5) is 54.5. The molecule has 1 saturated heterocycles. The van der Waals surface area contributed by atoms with E-state index in [2.05, 4.69) is 33.7 Å². The van der Waals surface area contributed by atoms with Gasteiger partial charge in [0.1, 0.15) is 11.4 Å². The van der Waals surface area contributed by atoms with E-state index in [1.165, 1.54) is 22.6 Å². The molecule has 2 aromatic rings. The zero-order valence-electron chi connectivity index (χ0n) is 25.4. The predicted molar refractivity (Wildman–Crippen MR) is 170 cm³/mol. The van der Waals surface area contributed by atoms with Gasteiger partial charge in [0.15, 0.2) is 0 Å². The molecule has 3 heterocycles. The maximum atomic E-state index is 12.4. The normalized spacial score (nSPS) is 16.6. The zero-order valence-corrected chi connectivity index (χ0v) is 26.2. The van der Waals surface area contributed by atoms with Crippen LogP contribution in [0.1, 0.15) is 70.3 Å². The molecule has 1 aromatic carbocycles. The Morgan fingerprint density at radius 1 is 1.00 bits per heavy atom. The van der Waals surface area contributed by atoms with E-state index >= 15 is 0 Å². The summed E-state index contributed by atoms with van der Waals surface area (Å²) in [6, 6.07) is 3.79. The minimum absolute atomic E-state index is 0.00894. The molecule has 4 rings (SSSR count). The number of unbranched alkanes of at least 4 members (excludes halogenated alkanes) is 4. The number of aryl methyl sites for hydroxylation is 1. The van der Waals surface area contributed by atoms with Crippen LogP contribution in [-0.2, 0) is 25.6 Å². The van der Waals surface area contributed by atoms with E-state index in [-0.39, 0.29) is 29.4 Å². The van der Waals surface area contributed by atoms with Crippen LogP contribution in [0.25, 0.3) is 10.9 Å². The molecule has 1 fully saturated rings. The van der Waals surface area contributed by atoms with Crippen molar-refractivity contribution in [3.8, 4) is 5.75 Å². The lowest BCUT2D eigenvalue weighted by Gasteiger charge is -2.21. The summed E-state index contributed by atoms with van der Waals surface area (Å²) in [5, 5.41) is 19.1. The maximum absolute atomic E-state index is 12.4. The molecular formula is C32H45N5O5S. The Kier molecular flexibility index (Phi) is 12.0. The number of rotatable bonds is 17. The molecule has 10 nitrogen and oxygen atoms in total. The molecule has 2 aliphatic heterocycles. The van der Waals surface area contributed by atoms with Crippen molar-refractivity contribution in [1.29, 1.82) is 0 Å². The quantitative estimate of drug-likeness (QED) is 0.119. The van der Waals surface area contributed by atoms with Gasteiger partial charge < -0.3 is 25.6 Å². The van der Waals surface area contributed by atoms with Crippen LogP contribution in [-0.4, -0.2) is 77.6 Å². The number of aromatic nitrogens is 1. The van der Waals surface area contributed by atoms with E-state index in [1.807, 2.05) is 6.07 Å². The number of carbonyl (C=O) groups is 4. The summed E-state index contributed by atoms with van der Waals surface area (Å²) < 4.78 is 0. The van der Waals surface area contributed by atoms with E-state index < -0.39 is 0 Å². The fourth-order valence-electron chi connectivity index (χ4n) is 5.95. The number of H-pyrrole nitrogens is 1. The van der Waals surface area contributed by atoms with Crippen molar-refractivity contribution in [2.45, 2.75) is 76.2 Å². The second-order valence-corrected chi connectivity index (χ2v) is 12.2. The van der Waals surface area contributed by atoms with Crippen LogP contribution in [0, 0.1) is 5.92 Å². The smallest absolute Gasteiger partial charge is 0.253 e. The first-order chi connectivity index (χ1) is 20.8. The van der Waals surface area contributed by atoms with Crippen molar-refractivity contribution in [1.82, 2.24) is 20.5 Å². The lowest BCUT2D eigenvalue weighted by atomic mass is 10.1. The number of fused-ring (bicyclic) bond motifs is 1. The van der Waals surface area contributed by atoms with Crippen LogP contribution in [0.5, 0.6) is 5.75 Å². The van der Waals surface area contributed by atoms with Gasteiger partial charge in [0, 0.05) is 63.1 Å². The molecular weight excluding hydrogens is 566 g/mol. The van der Waals surface area contributed by atoms with Crippen LogP contribution in [0.2, 0.25) is 0 Å². The predicted octanol–water partition coefficient (Wildman–Crippen LogP) is 4.26. The van der Waals surface area contributed by atoms with Crippen molar-refractivity contribution in [2.24, 2.45) is 5.92 Å². The zero-order chi connectivity index (χ0) is 30.8. The highest BCUT2D eigenvalue weighted by Gasteiger charge is 2.28. The standard InChI is InChI=1S/C32H45N5O5S/c1-3-23-24-12-13-25(38)31(30(24)35-32(23)43-2)36-19-16-22(21-36)20-34-27(40)11-6-4-8-17-33-26(39)10-7-5-9-18-37-28(41)14-15-29(37)42/h12-15,22,35,38H,3-11,16-21H2,1-2H3,(H,33,39)(H,34,40). The lowest BCUT2D eigenvalue weighted by molar-refractivity contribution is -0.137. The number of imide groups is 1. The van der Waals surface area contributed by atoms with E-state index in [9.17, 15) is 24.3 Å². The fraction of sp³-hybridized carbons (Fsp3) is 0.562. The summed E-state index contributed by atoms with van der Waals surface area (Å²) in [7, 11) is 0. The number of anilines is 1. The van der Waals surface area contributed by atoms with Gasteiger partial charge >= 0.3 is 0 Å². The molecule has 2 aliphatic rings. The average molecular weight is 612 g/mol. The number of hydrogen-bond donors (Lipinski definition) is 4. The number of carbonyl (C=O) groups excluding carboxylic acids is 4. The van der Waals surface area contributed by atoms with Gasteiger partial charge in [0.2, 0.25) is 11.8 Å². The molecule has 1 atom stereocenters. The third-order valence-corrected chi connectivity index (χ3v) is 9.09. The molecule has 1 aromatic heterocycles. The number of aromatic amines is 1. The summed E-state index contributed by atoms with van der Waals surface area (Å²) in [6.45, 7) is 5.40. The van der Waals surface area contributed by atoms with Crippen molar-refractivity contribution >= 4 is 52.0 Å². The van der Waals surface area contributed by atoms with Gasteiger partial charge in [-0.3, -0.25) is 24.1 Å². The Bertz CT molecular complexity index is 1320. The molecule has 4 amide bonds. The van der Waals surface area contributed by atoms with Gasteiger partial charge in [-0.15, -0.1) is 11.8 Å². The van der Waals surface area contributed by atoms with Gasteiger partial charge in [0.25, 0.3) is 11.8 Å². The molecule has 1 unspecified atom stereocenters. The summed E-state index contributed by atoms with van der Waals surface area (Å²) in [5.41, 5.74) is 3.14. The first-order valence-corrected chi connectivity index (χ1v) is 16.8. The monoisotopic (exact) mass is 611 g/mol. The first-order valence-electron chi connectivity index (χ1n) is 15.5. The van der Waals surface area contributed by atoms with E-state index in [1.54, 1.807) is 17.8 Å². The Hall–Kier alpha value is -3.47. The van der Waals surface area contributed by atoms with Crippen molar-refractivity contribution < 1.29 is 24.3 Å². The molecule has 43 heavy (non-hydrogen) atoms. The number of amides is 4. The third-order valence-electron chi connectivity index (χ3n) is 8.33. The van der Waals surface area contributed by atoms with E-state index in [0.717, 1.165) is 79.7 Å². The minimum atomic E-state index is -0.264. The maximum Gasteiger partial charge on any atom is 0.253 e. The van der Waals surface area contributed by atoms with Crippen LogP contribution in [0.3, 0.4) is 0 Å². The number of phenols is 1. The number of hydrogen-bond acceptors (Lipinski definition) is 7. The number of nitrogens with zero attached hydrogens (tertiary/aromatic N) is 2. The largest absolute Gasteiger partial charge is 0.506 e. The van der Waals surface area contributed by atoms with Gasteiger partial charge in [0.05, 0.1) is 10.5 Å². The summed E-state index contributed by atoms with van der Waals surface area (Å²) >= 11 is 1.69. The van der Waals surface area contributed by atoms with Crippen LogP contribution in [0.15, 0.2) is 29.3 Å². The lowest BCUT2D eigenvalue weighted by Crippen LogP contribution is -2.31. The SMILES string of the molecule is CCc1c(SC)[nH]c2c(N3CCC(CNC(=O)CCCCCNC(=O)CCCCCN4C(=O)C=CC4=O)C3)c(O)ccc12. The number of phenolic OH excluding ortho intramolecular Hbond substituents is 1. The van der Waals surface area contributed by atoms with Crippen LogP contribution < -0.4 is 15.5 Å². The molecule has 0 saturated carbocycles. The highest BCUT2D eigenvalue weighted by atomic mass is 32.2. The number of benzene rings is 1. The summed E-state index contributed by atoms with van der Waals surface area (Å²) in [6.07, 6.45) is 12.1. The van der Waals surface area contributed by atoms with Crippen LogP contribution in [0.4, 0.5) is 5.69 Å². The first kappa shape index (κ1) is 32.4. The van der Waals surface area contributed by atoms with Crippen molar-refractivity contribution in [3.63, 3.8) is 0 Å². The van der Waals surface area contributed by atoms with Gasteiger partial charge in [-0.25, -0.2) is 0 Å². The number of aromatic hydroxyl groups is 1. The highest BCUT2D eigenvalue weighted by molar-refractivity contribution is 7.98. The van der Waals surface area contributed by atoms with E-state index in [0.29, 0.717) is 44.8 Å². The Balaban J connectivity index is 1.05. The van der Waals surface area contributed by atoms with Gasteiger partial charge in [-0.1, -0.05) is 19.8 Å². The number of nitrogens with one attached hydrogen (secondary N) is 3. The number of thioether (sulfide) groups is 1. The highest BCUT2D eigenvalue weighted by Crippen LogP contribution is 2.41. The molecule has 0 aliphatic carbocycles. The molecule has 0 radical (unpaired) electrons. The minimum Gasteiger partial charge on any atom is -0.506 e. The van der Waals surface area contributed by atoms with Gasteiger partial charge in [-0.05, 0) is 68.4 Å². The fourth-order valence-corrected chi connectivity index (χ4v) is 6.66. The topological polar surface area (TPSA) is 135 Å². The molecule has 0 spiro atoms. The molecule has 4 N–H and O–H groups in total. The van der Waals surface area contributed by atoms with Gasteiger partial charge in [-0.2, -0.15) is 0 Å². The van der Waals surface area contributed by atoms with Crippen LogP contribution >= 0.6 is 11.8 Å². The Labute approximate surface area is 258 Å². The van der Waals surface area contributed by atoms with Crippen molar-refractivity contribution in [3.05, 3.63) is 29.8 Å². The second kappa shape index (κ2) is 15.8. The summed E-state index contributed by atoms with van der Waals surface area (Å²) in [5.74, 6) is 0.154. The second-order valence-electron chi connectivity index (χ2n) is 11.4. The molecule has 11 heteroatoms. The van der Waals surface area contributed by atoms with E-state index in [4.69, 9.17) is 0 Å². The van der Waals surface area contributed by atoms with Crippen molar-refractivity contribution in [2.75, 3.05) is 43.9 Å². The third kappa shape index (κ3) is 8.55. The Morgan fingerprint density at radius 2 is 1.70 bits per heavy atom. The Morgan fingerprint density at radius 3 is 2.40 bits per heavy atom. The average Bonchev–Trinajstić information content (AvgIpc) is 3.70.